The third-order valence-electron chi connectivity index (χ3n) is 3.01. The van der Waals surface area contributed by atoms with Crippen LogP contribution in [0, 0.1) is 17.1 Å². The average Bonchev–Trinajstić information content (AvgIpc) is 2.38. The number of aliphatic hydroxyl groups excluding tert-OH is 1. The highest BCUT2D eigenvalue weighted by Crippen LogP contribution is 2.16. The second-order valence-corrected chi connectivity index (χ2v) is 4.38. The number of benzene rings is 1. The molecule has 0 saturated carbocycles. The molecule has 4 heteroatoms. The molecule has 0 aromatic heterocycles. The van der Waals surface area contributed by atoms with Gasteiger partial charge in [0.15, 0.2) is 0 Å². The van der Waals surface area contributed by atoms with Gasteiger partial charge in [-0.3, -0.25) is 0 Å². The van der Waals surface area contributed by atoms with E-state index in [2.05, 4.69) is 5.32 Å². The fourth-order valence-corrected chi connectivity index (χ4v) is 1.68. The summed E-state index contributed by atoms with van der Waals surface area (Å²) in [4.78, 5) is 0. The predicted octanol–water partition coefficient (Wildman–Crippen LogP) is 2.51. The molecule has 1 rings (SSSR count). The molecule has 0 spiro atoms. The second-order valence-electron chi connectivity index (χ2n) is 4.38. The Bertz CT molecular complexity index is 428. The van der Waals surface area contributed by atoms with E-state index in [1.54, 1.807) is 12.1 Å². The quantitative estimate of drug-likeness (QED) is 0.815. The highest BCUT2D eigenvalue weighted by molar-refractivity contribution is 5.34. The van der Waals surface area contributed by atoms with Crippen molar-refractivity contribution in [1.82, 2.24) is 5.32 Å². The second kappa shape index (κ2) is 7.10. The molecule has 0 heterocycles. The Morgan fingerprint density at radius 2 is 2.22 bits per heavy atom. The number of halogens is 1. The first-order chi connectivity index (χ1) is 8.58. The molecule has 18 heavy (non-hydrogen) atoms. The first kappa shape index (κ1) is 14.6. The van der Waals surface area contributed by atoms with Gasteiger partial charge in [0.2, 0.25) is 0 Å². The maximum absolute atomic E-state index is 13.4. The number of nitrogens with one attached hydrogen (secondary N) is 1. The summed E-state index contributed by atoms with van der Waals surface area (Å²) in [6.45, 7) is 4.54. The highest BCUT2D eigenvalue weighted by Gasteiger charge is 2.09. The Balaban J connectivity index is 2.54. The Morgan fingerprint density at radius 1 is 1.50 bits per heavy atom. The molecule has 98 valence electrons. The van der Waals surface area contributed by atoms with Crippen LogP contribution in [0.3, 0.4) is 0 Å². The van der Waals surface area contributed by atoms with E-state index in [9.17, 15) is 9.50 Å². The molecule has 0 aliphatic rings. The fourth-order valence-electron chi connectivity index (χ4n) is 1.68. The van der Waals surface area contributed by atoms with Crippen molar-refractivity contribution in [3.8, 4) is 6.07 Å². The van der Waals surface area contributed by atoms with E-state index in [1.807, 2.05) is 13.8 Å². The minimum Gasteiger partial charge on any atom is -0.393 e. The molecule has 0 bridgehead atoms. The van der Waals surface area contributed by atoms with Gasteiger partial charge in [-0.2, -0.15) is 5.26 Å². The van der Waals surface area contributed by atoms with Gasteiger partial charge in [0.05, 0.1) is 11.7 Å². The third kappa shape index (κ3) is 4.10. The van der Waals surface area contributed by atoms with Crippen LogP contribution in [0.4, 0.5) is 4.39 Å². The topological polar surface area (TPSA) is 56.0 Å². The number of nitrogens with zero attached hydrogens (tertiary/aromatic N) is 1. The maximum Gasteiger partial charge on any atom is 0.141 e. The van der Waals surface area contributed by atoms with E-state index in [4.69, 9.17) is 5.26 Å². The number of rotatable bonds is 6. The van der Waals surface area contributed by atoms with Gasteiger partial charge in [0, 0.05) is 6.04 Å². The first-order valence-corrected chi connectivity index (χ1v) is 6.19. The minimum atomic E-state index is -0.489. The van der Waals surface area contributed by atoms with E-state index >= 15 is 0 Å². The van der Waals surface area contributed by atoms with Gasteiger partial charge in [-0.15, -0.1) is 0 Å². The average molecular weight is 250 g/mol. The zero-order valence-corrected chi connectivity index (χ0v) is 10.8. The smallest absolute Gasteiger partial charge is 0.141 e. The summed E-state index contributed by atoms with van der Waals surface area (Å²) in [5.74, 6) is -0.489. The van der Waals surface area contributed by atoms with Crippen molar-refractivity contribution in [2.45, 2.75) is 38.8 Å². The van der Waals surface area contributed by atoms with Crippen LogP contribution in [0.15, 0.2) is 18.2 Å². The first-order valence-electron chi connectivity index (χ1n) is 6.19. The Labute approximate surface area is 107 Å². The van der Waals surface area contributed by atoms with E-state index in [1.165, 1.54) is 12.1 Å². The number of hydrogen-bond acceptors (Lipinski definition) is 3. The van der Waals surface area contributed by atoms with Crippen LogP contribution in [0.5, 0.6) is 0 Å². The van der Waals surface area contributed by atoms with E-state index in [0.29, 0.717) is 13.0 Å². The Morgan fingerprint density at radius 3 is 2.78 bits per heavy atom. The van der Waals surface area contributed by atoms with Gasteiger partial charge in [0.25, 0.3) is 0 Å². The number of hydrogen-bond donors (Lipinski definition) is 2. The largest absolute Gasteiger partial charge is 0.393 e. The van der Waals surface area contributed by atoms with Crippen molar-refractivity contribution in [2.24, 2.45) is 0 Å². The normalized spacial score (nSPS) is 13.9. The van der Waals surface area contributed by atoms with Crippen molar-refractivity contribution in [1.29, 1.82) is 5.26 Å². The minimum absolute atomic E-state index is 0.00343. The third-order valence-corrected chi connectivity index (χ3v) is 3.01. The zero-order valence-electron chi connectivity index (χ0n) is 10.8. The van der Waals surface area contributed by atoms with Gasteiger partial charge in [0.1, 0.15) is 11.9 Å². The molecule has 2 atom stereocenters. The Kier molecular flexibility index (Phi) is 5.76. The van der Waals surface area contributed by atoms with Crippen LogP contribution in [0.25, 0.3) is 0 Å². The van der Waals surface area contributed by atoms with Crippen LogP contribution in [0.2, 0.25) is 0 Å². The lowest BCUT2D eigenvalue weighted by Crippen LogP contribution is -2.23. The zero-order chi connectivity index (χ0) is 13.5. The summed E-state index contributed by atoms with van der Waals surface area (Å²) in [5.41, 5.74) is 0.866. The summed E-state index contributed by atoms with van der Waals surface area (Å²) < 4.78 is 13.4. The molecule has 0 amide bonds. The molecule has 0 aliphatic heterocycles. The summed E-state index contributed by atoms with van der Waals surface area (Å²) in [5, 5.41) is 21.3. The summed E-state index contributed by atoms with van der Waals surface area (Å²) in [7, 11) is 0. The van der Waals surface area contributed by atoms with Gasteiger partial charge >= 0.3 is 0 Å². The number of aliphatic hydroxyl groups is 1. The molecule has 0 fully saturated rings. The van der Waals surface area contributed by atoms with Gasteiger partial charge in [-0.1, -0.05) is 13.0 Å². The van der Waals surface area contributed by atoms with Crippen LogP contribution >= 0.6 is 0 Å². The molecule has 0 radical (unpaired) electrons. The Hall–Kier alpha value is -1.44. The number of nitriles is 1. The summed E-state index contributed by atoms with van der Waals surface area (Å²) >= 11 is 0. The summed E-state index contributed by atoms with van der Waals surface area (Å²) in [6, 6.07) is 6.41. The SMILES string of the molecule is CCC(O)CCNC(C)c1ccc(C#N)c(F)c1. The fraction of sp³-hybridized carbons (Fsp3) is 0.500. The lowest BCUT2D eigenvalue weighted by Gasteiger charge is -2.16. The van der Waals surface area contributed by atoms with Gasteiger partial charge in [-0.05, 0) is 44.0 Å². The van der Waals surface area contributed by atoms with Crippen molar-refractivity contribution in [2.75, 3.05) is 6.54 Å². The molecular weight excluding hydrogens is 231 g/mol. The van der Waals surface area contributed by atoms with Crippen LogP contribution in [-0.2, 0) is 0 Å². The molecular formula is C14H19FN2O. The van der Waals surface area contributed by atoms with Gasteiger partial charge in [-0.25, -0.2) is 4.39 Å². The maximum atomic E-state index is 13.4. The lowest BCUT2D eigenvalue weighted by atomic mass is 10.1. The molecule has 1 aromatic rings. The van der Waals surface area contributed by atoms with Crippen LogP contribution in [0.1, 0.15) is 43.9 Å². The van der Waals surface area contributed by atoms with Crippen molar-refractivity contribution in [3.63, 3.8) is 0 Å². The van der Waals surface area contributed by atoms with Crippen LogP contribution in [-0.4, -0.2) is 17.8 Å². The van der Waals surface area contributed by atoms with E-state index in [0.717, 1.165) is 12.0 Å². The van der Waals surface area contributed by atoms with Crippen molar-refractivity contribution < 1.29 is 9.50 Å². The van der Waals surface area contributed by atoms with Gasteiger partial charge < -0.3 is 10.4 Å². The van der Waals surface area contributed by atoms with E-state index in [-0.39, 0.29) is 17.7 Å². The molecule has 1 aromatic carbocycles. The highest BCUT2D eigenvalue weighted by atomic mass is 19.1. The van der Waals surface area contributed by atoms with Crippen LogP contribution < -0.4 is 5.32 Å². The predicted molar refractivity (Wildman–Crippen MR) is 68.4 cm³/mol. The lowest BCUT2D eigenvalue weighted by molar-refractivity contribution is 0.159. The molecule has 0 saturated heterocycles. The standard InChI is InChI=1S/C14H19FN2O/c1-3-13(18)6-7-17-10(2)11-4-5-12(9-16)14(15)8-11/h4-5,8,10,13,17-18H,3,6-7H2,1-2H3. The van der Waals surface area contributed by atoms with E-state index < -0.39 is 5.82 Å². The monoisotopic (exact) mass is 250 g/mol. The molecule has 2 unspecified atom stereocenters. The van der Waals surface area contributed by atoms with Crippen molar-refractivity contribution in [3.05, 3.63) is 35.1 Å². The van der Waals surface area contributed by atoms with Crippen molar-refractivity contribution >= 4 is 0 Å². The molecule has 2 N–H and O–H groups in total. The molecule has 0 aliphatic carbocycles. The molecule has 3 nitrogen and oxygen atoms in total. The summed E-state index contributed by atoms with van der Waals surface area (Å²) in [6.07, 6.45) is 1.13.